The van der Waals surface area contributed by atoms with Gasteiger partial charge in [-0.25, -0.2) is 0 Å². The minimum Gasteiger partial charge on any atom is -0.513 e. The van der Waals surface area contributed by atoms with Gasteiger partial charge in [-0.3, -0.25) is 14.4 Å². The van der Waals surface area contributed by atoms with E-state index in [0.717, 1.165) is 18.4 Å². The van der Waals surface area contributed by atoms with Crippen molar-refractivity contribution in [1.82, 2.24) is 0 Å². The van der Waals surface area contributed by atoms with Crippen LogP contribution >= 0.6 is 12.6 Å². The van der Waals surface area contributed by atoms with Crippen LogP contribution in [0.25, 0.3) is 0 Å². The first-order valence-electron chi connectivity index (χ1n) is 15.9. The first-order valence-corrected chi connectivity index (χ1v) is 16.4. The van der Waals surface area contributed by atoms with Gasteiger partial charge in [0.1, 0.15) is 6.10 Å². The molecular weight excluding hydrogens is 600 g/mol. The number of allylic oxidation sites excluding steroid dienone is 1. The zero-order chi connectivity index (χ0) is 32.9. The zero-order valence-corrected chi connectivity index (χ0v) is 27.7. The first kappa shape index (κ1) is 32.6. The summed E-state index contributed by atoms with van der Waals surface area (Å²) in [6, 6.07) is 1.91. The highest BCUT2D eigenvalue weighted by molar-refractivity contribution is 7.82. The number of esters is 2. The van der Waals surface area contributed by atoms with Gasteiger partial charge in [0.05, 0.1) is 36.4 Å². The average Bonchev–Trinajstić information content (AvgIpc) is 3.28. The lowest BCUT2D eigenvalue weighted by Crippen LogP contribution is -2.71. The lowest BCUT2D eigenvalue weighted by molar-refractivity contribution is -0.310. The fourth-order valence-electron chi connectivity index (χ4n) is 10.8. The molecule has 13 atom stereocenters. The fraction of sp³-hybridized carbons (Fsp3) is 0.735. The van der Waals surface area contributed by atoms with E-state index in [9.17, 15) is 24.9 Å². The van der Waals surface area contributed by atoms with E-state index in [1.165, 1.54) is 26.8 Å². The maximum absolute atomic E-state index is 15.3. The number of carbonyl (C=O) groups excluding carboxylic acids is 3. The molecule has 45 heavy (non-hydrogen) atoms. The third-order valence-corrected chi connectivity index (χ3v) is 13.6. The van der Waals surface area contributed by atoms with E-state index < -0.39 is 74.8 Å². The monoisotopic (exact) mass is 646 g/mol. The van der Waals surface area contributed by atoms with Crippen LogP contribution in [0.3, 0.4) is 0 Å². The Morgan fingerprint density at radius 2 is 1.87 bits per heavy atom. The lowest BCUT2D eigenvalue weighted by Gasteiger charge is -2.64. The quantitative estimate of drug-likeness (QED) is 0.198. The molecule has 0 radical (unpaired) electrons. The number of thiol groups is 1. The lowest BCUT2D eigenvalue weighted by atomic mass is 9.46. The van der Waals surface area contributed by atoms with Crippen LogP contribution in [0.2, 0.25) is 0 Å². The summed E-state index contributed by atoms with van der Waals surface area (Å²) >= 11 is 5.28. The SMILES string of the molecule is CC(=O)O[C@@H](CC=C(C)O)C1(C)C2C[C@H](O)[C@]3(S)C[C@]45C[C@H]4C[C@H](c4ccoc4)[C@@]5(C)[C@H](OC(C)=O)C(=O)C3[C@@]2(C)CO[C@@H]1O. The summed E-state index contributed by atoms with van der Waals surface area (Å²) in [7, 11) is 0. The number of ketones is 1. The minimum absolute atomic E-state index is 0.0212. The van der Waals surface area contributed by atoms with E-state index in [0.29, 0.717) is 6.42 Å². The second-order valence-electron chi connectivity index (χ2n) is 15.2. The van der Waals surface area contributed by atoms with Gasteiger partial charge in [-0.05, 0) is 73.5 Å². The van der Waals surface area contributed by atoms with Crippen LogP contribution in [-0.4, -0.2) is 69.0 Å². The third kappa shape index (κ3) is 4.43. The summed E-state index contributed by atoms with van der Waals surface area (Å²) in [6.45, 7) is 9.78. The van der Waals surface area contributed by atoms with Crippen LogP contribution < -0.4 is 0 Å². The Morgan fingerprint density at radius 1 is 1.16 bits per heavy atom. The molecular formula is C34H46O10S. The number of hydrogen-bond acceptors (Lipinski definition) is 11. The van der Waals surface area contributed by atoms with Gasteiger partial charge in [0.15, 0.2) is 18.2 Å². The smallest absolute Gasteiger partial charge is 0.303 e. The van der Waals surface area contributed by atoms with Crippen LogP contribution in [0, 0.1) is 39.4 Å². The van der Waals surface area contributed by atoms with Crippen molar-refractivity contribution in [1.29, 1.82) is 0 Å². The molecule has 4 saturated carbocycles. The van der Waals surface area contributed by atoms with Crippen molar-refractivity contribution in [2.75, 3.05) is 6.61 Å². The number of rotatable bonds is 6. The number of ether oxygens (including phenoxy) is 3. The molecule has 1 saturated heterocycles. The summed E-state index contributed by atoms with van der Waals surface area (Å²) in [6.07, 6.45) is 2.61. The van der Waals surface area contributed by atoms with Gasteiger partial charge in [0.2, 0.25) is 0 Å². The molecule has 1 aliphatic heterocycles. The highest BCUT2D eigenvalue weighted by Gasteiger charge is 2.82. The van der Waals surface area contributed by atoms with Gasteiger partial charge in [-0.1, -0.05) is 20.8 Å². The predicted octanol–water partition coefficient (Wildman–Crippen LogP) is 4.49. The van der Waals surface area contributed by atoms with Crippen molar-refractivity contribution < 1.29 is 48.3 Å². The van der Waals surface area contributed by atoms with Crippen LogP contribution in [0.5, 0.6) is 0 Å². The number of aliphatic hydroxyl groups is 3. The van der Waals surface area contributed by atoms with Gasteiger partial charge < -0.3 is 33.9 Å². The van der Waals surface area contributed by atoms with Crippen molar-refractivity contribution in [3.63, 3.8) is 0 Å². The Bertz CT molecular complexity index is 1410. The van der Waals surface area contributed by atoms with Crippen molar-refractivity contribution in [3.05, 3.63) is 36.0 Å². The first-order chi connectivity index (χ1) is 21.0. The van der Waals surface area contributed by atoms with E-state index in [1.54, 1.807) is 19.5 Å². The highest BCUT2D eigenvalue weighted by atomic mass is 32.1. The van der Waals surface area contributed by atoms with Gasteiger partial charge in [-0.15, -0.1) is 0 Å². The molecule has 1 aromatic rings. The molecule has 0 aromatic carbocycles. The molecule has 3 N–H and O–H groups in total. The second kappa shape index (κ2) is 10.6. The molecule has 10 nitrogen and oxygen atoms in total. The number of fused-ring (bicyclic) bond motifs is 3. The van der Waals surface area contributed by atoms with Crippen molar-refractivity contribution >= 4 is 30.4 Å². The molecule has 1 aromatic heterocycles. The molecule has 0 bridgehead atoms. The van der Waals surface area contributed by atoms with Crippen LogP contribution in [0.4, 0.5) is 0 Å². The van der Waals surface area contributed by atoms with E-state index in [4.69, 9.17) is 31.3 Å². The summed E-state index contributed by atoms with van der Waals surface area (Å²) < 4.78 is 22.2. The van der Waals surface area contributed by atoms with Gasteiger partial charge in [0, 0.05) is 41.8 Å². The fourth-order valence-corrected chi connectivity index (χ4v) is 11.6. The molecule has 11 heteroatoms. The molecule has 5 fully saturated rings. The van der Waals surface area contributed by atoms with Gasteiger partial charge in [-0.2, -0.15) is 12.6 Å². The molecule has 6 rings (SSSR count). The topological polar surface area (TPSA) is 153 Å². The van der Waals surface area contributed by atoms with E-state index in [1.807, 2.05) is 13.0 Å². The molecule has 0 amide bonds. The molecule has 248 valence electrons. The Balaban J connectivity index is 1.51. The summed E-state index contributed by atoms with van der Waals surface area (Å²) in [5.74, 6) is -2.81. The molecule has 3 unspecified atom stereocenters. The van der Waals surface area contributed by atoms with Crippen molar-refractivity contribution in [2.24, 2.45) is 39.4 Å². The molecule has 2 heterocycles. The van der Waals surface area contributed by atoms with E-state index in [-0.39, 0.29) is 42.8 Å². The van der Waals surface area contributed by atoms with E-state index in [2.05, 4.69) is 6.92 Å². The normalized spacial score (nSPS) is 47.8. The number of hydrogen-bond donors (Lipinski definition) is 4. The second-order valence-corrected chi connectivity index (χ2v) is 16.0. The van der Waals surface area contributed by atoms with E-state index >= 15 is 4.79 Å². The molecule has 1 spiro atoms. The van der Waals surface area contributed by atoms with Crippen molar-refractivity contribution in [3.8, 4) is 0 Å². The Hall–Kier alpha value is -2.34. The average molecular weight is 647 g/mol. The van der Waals surface area contributed by atoms with Gasteiger partial charge >= 0.3 is 11.9 Å². The van der Waals surface area contributed by atoms with Crippen LogP contribution in [0.1, 0.15) is 85.1 Å². The van der Waals surface area contributed by atoms with Crippen LogP contribution in [0.15, 0.2) is 34.8 Å². The molecule has 4 aliphatic carbocycles. The number of Topliss-reactive ketones (excluding diaryl/α,β-unsaturated/α-hetero) is 1. The zero-order valence-electron chi connectivity index (χ0n) is 26.8. The van der Waals surface area contributed by atoms with Crippen molar-refractivity contribution in [2.45, 2.75) is 109 Å². The minimum atomic E-state index is -1.40. The summed E-state index contributed by atoms with van der Waals surface area (Å²) in [5.41, 5.74) is -2.55. The maximum atomic E-state index is 15.3. The summed E-state index contributed by atoms with van der Waals surface area (Å²) in [4.78, 5) is 40.4. The summed E-state index contributed by atoms with van der Waals surface area (Å²) in [5, 5.41) is 33.6. The number of furan rings is 1. The van der Waals surface area contributed by atoms with Crippen LogP contribution in [-0.2, 0) is 28.6 Å². The maximum Gasteiger partial charge on any atom is 0.303 e. The Morgan fingerprint density at radius 3 is 2.47 bits per heavy atom. The van der Waals surface area contributed by atoms with Gasteiger partial charge in [0.25, 0.3) is 0 Å². The Labute approximate surface area is 269 Å². The highest BCUT2D eigenvalue weighted by Crippen LogP contribution is 2.83. The molecule has 5 aliphatic rings. The largest absolute Gasteiger partial charge is 0.513 e. The number of aliphatic hydroxyl groups excluding tert-OH is 3. The predicted molar refractivity (Wildman–Crippen MR) is 164 cm³/mol. The number of carbonyl (C=O) groups is 3. The third-order valence-electron chi connectivity index (χ3n) is 12.9. The Kier molecular flexibility index (Phi) is 7.67. The standard InChI is InChI=1S/C34H46O10S/c1-17(35)7-8-25(43-18(2)36)31(5)23-12-24(38)34(45)15-33-13-21(33)11-22(20-9-10-41-14-20)32(33,6)28(44-19(3)37)26(39)27(34)30(23,4)16-42-29(31)40/h7,9-10,14,21-25,27-29,35,38,40,45H,8,11-13,15-16H2,1-6H3/t21-,22-,23?,24+,25+,27?,28-,29+,30+,31?,32+,33-,34-/m1/s1.